The molecule has 0 atom stereocenters. The second-order valence-electron chi connectivity index (χ2n) is 9.75. The Hall–Kier alpha value is -2.80. The summed E-state index contributed by atoms with van der Waals surface area (Å²) in [7, 11) is 1.74. The Morgan fingerprint density at radius 1 is 1.27 bits per heavy atom. The number of aryl methyl sites for hydroxylation is 2. The quantitative estimate of drug-likeness (QED) is 0.546. The lowest BCUT2D eigenvalue weighted by Crippen LogP contribution is -2.33. The zero-order chi connectivity index (χ0) is 24.5. The van der Waals surface area contributed by atoms with E-state index in [2.05, 4.69) is 5.32 Å². The number of carbonyl (C=O) groups is 1. The number of ether oxygens (including phenoxy) is 1. The minimum absolute atomic E-state index is 0.0867. The molecule has 0 fully saturated rings. The topological polar surface area (TPSA) is 78.2 Å². The molecule has 2 aromatic heterocycles. The third kappa shape index (κ3) is 5.41. The van der Waals surface area contributed by atoms with E-state index < -0.39 is 0 Å². The highest BCUT2D eigenvalue weighted by atomic mass is 35.5. The fraction of sp³-hybridized carbons (Fsp3) is 0.480. The van der Waals surface area contributed by atoms with E-state index >= 15 is 0 Å². The van der Waals surface area contributed by atoms with Gasteiger partial charge < -0.3 is 14.6 Å². The Balaban J connectivity index is 2.23. The zero-order valence-corrected chi connectivity index (χ0v) is 21.2. The second kappa shape index (κ2) is 9.59. The van der Waals surface area contributed by atoms with Gasteiger partial charge in [-0.05, 0) is 37.0 Å². The molecule has 0 saturated heterocycles. The maximum Gasteiger partial charge on any atom is 0.271 e. The van der Waals surface area contributed by atoms with E-state index in [-0.39, 0.29) is 28.7 Å². The van der Waals surface area contributed by atoms with Gasteiger partial charge in [0.05, 0.1) is 12.6 Å². The summed E-state index contributed by atoms with van der Waals surface area (Å²) < 4.78 is 9.35. The number of amides is 1. The molecule has 0 bridgehead atoms. The minimum atomic E-state index is -0.292. The lowest BCUT2D eigenvalue weighted by molar-refractivity contribution is 0.0925. The van der Waals surface area contributed by atoms with Crippen molar-refractivity contribution in [2.45, 2.75) is 60.6 Å². The fourth-order valence-electron chi connectivity index (χ4n) is 3.69. The van der Waals surface area contributed by atoms with Crippen molar-refractivity contribution < 1.29 is 9.53 Å². The van der Waals surface area contributed by atoms with Gasteiger partial charge in [-0.1, -0.05) is 51.4 Å². The van der Waals surface area contributed by atoms with Crippen LogP contribution >= 0.6 is 11.6 Å². The lowest BCUT2D eigenvalue weighted by atomic mass is 9.97. The largest absolute Gasteiger partial charge is 0.488 e. The summed E-state index contributed by atoms with van der Waals surface area (Å²) in [6, 6.07) is 7.40. The van der Waals surface area contributed by atoms with Crippen molar-refractivity contribution in [2.75, 3.05) is 6.54 Å². The number of hydrogen-bond donors (Lipinski definition) is 1. The molecule has 0 aliphatic rings. The predicted molar refractivity (Wildman–Crippen MR) is 132 cm³/mol. The molecule has 2 heterocycles. The molecule has 1 amide bonds. The van der Waals surface area contributed by atoms with E-state index in [1.54, 1.807) is 22.2 Å². The first-order chi connectivity index (χ1) is 15.4. The van der Waals surface area contributed by atoms with Crippen molar-refractivity contribution in [1.82, 2.24) is 19.4 Å². The van der Waals surface area contributed by atoms with Crippen LogP contribution in [-0.2, 0) is 20.0 Å². The SMILES string of the molecule is CCc1nc2c(c(OC(C)C)c(C(=O)NCC(C)(C)C)n2C)c(=O)n1Cc1cccc(Cl)c1. The summed E-state index contributed by atoms with van der Waals surface area (Å²) in [5.74, 6) is 0.611. The minimum Gasteiger partial charge on any atom is -0.488 e. The number of benzene rings is 1. The number of aromatic nitrogens is 3. The molecule has 178 valence electrons. The Kier molecular flexibility index (Phi) is 7.22. The molecule has 0 spiro atoms. The van der Waals surface area contributed by atoms with Gasteiger partial charge in [-0.2, -0.15) is 0 Å². The van der Waals surface area contributed by atoms with Gasteiger partial charge in [0, 0.05) is 25.0 Å². The van der Waals surface area contributed by atoms with E-state index in [1.165, 1.54) is 0 Å². The molecule has 7 nitrogen and oxygen atoms in total. The molecule has 0 radical (unpaired) electrons. The summed E-state index contributed by atoms with van der Waals surface area (Å²) in [5, 5.41) is 3.89. The number of rotatable bonds is 7. The molecule has 0 aliphatic heterocycles. The van der Waals surface area contributed by atoms with Gasteiger partial charge >= 0.3 is 0 Å². The van der Waals surface area contributed by atoms with Crippen LogP contribution in [0.1, 0.15) is 63.4 Å². The van der Waals surface area contributed by atoms with Crippen LogP contribution < -0.4 is 15.6 Å². The molecule has 0 aliphatic carbocycles. The van der Waals surface area contributed by atoms with Crippen LogP contribution in [0.4, 0.5) is 0 Å². The first kappa shape index (κ1) is 24.8. The summed E-state index contributed by atoms with van der Waals surface area (Å²) in [6.45, 7) is 12.6. The van der Waals surface area contributed by atoms with Crippen molar-refractivity contribution in [2.24, 2.45) is 12.5 Å². The van der Waals surface area contributed by atoms with Gasteiger partial charge in [0.15, 0.2) is 17.1 Å². The van der Waals surface area contributed by atoms with Crippen LogP contribution in [0, 0.1) is 5.41 Å². The summed E-state index contributed by atoms with van der Waals surface area (Å²) in [6.07, 6.45) is 0.333. The molecule has 33 heavy (non-hydrogen) atoms. The lowest BCUT2D eigenvalue weighted by Gasteiger charge is -2.19. The maximum absolute atomic E-state index is 13.8. The molecule has 0 saturated carbocycles. The molecule has 8 heteroatoms. The van der Waals surface area contributed by atoms with E-state index in [9.17, 15) is 9.59 Å². The van der Waals surface area contributed by atoms with Gasteiger partial charge in [0.25, 0.3) is 11.5 Å². The highest BCUT2D eigenvalue weighted by molar-refractivity contribution is 6.30. The van der Waals surface area contributed by atoms with Crippen LogP contribution in [-0.4, -0.2) is 32.7 Å². The molecule has 1 N–H and O–H groups in total. The predicted octanol–water partition coefficient (Wildman–Crippen LogP) is 4.56. The number of hydrogen-bond acceptors (Lipinski definition) is 4. The van der Waals surface area contributed by atoms with Crippen LogP contribution in [0.15, 0.2) is 29.1 Å². The van der Waals surface area contributed by atoms with Crippen molar-refractivity contribution in [1.29, 1.82) is 0 Å². The number of halogens is 1. The Bertz CT molecular complexity index is 1240. The van der Waals surface area contributed by atoms with Gasteiger partial charge in [-0.15, -0.1) is 0 Å². The van der Waals surface area contributed by atoms with Gasteiger partial charge in [-0.25, -0.2) is 4.98 Å². The fourth-order valence-corrected chi connectivity index (χ4v) is 3.90. The third-order valence-corrected chi connectivity index (χ3v) is 5.45. The average Bonchev–Trinajstić information content (AvgIpc) is 2.98. The van der Waals surface area contributed by atoms with Crippen LogP contribution in [0.5, 0.6) is 5.75 Å². The van der Waals surface area contributed by atoms with E-state index in [4.69, 9.17) is 21.3 Å². The number of nitrogens with zero attached hydrogens (tertiary/aromatic N) is 3. The summed E-state index contributed by atoms with van der Waals surface area (Å²) in [4.78, 5) is 31.8. The van der Waals surface area contributed by atoms with Crippen molar-refractivity contribution in [3.8, 4) is 5.75 Å². The van der Waals surface area contributed by atoms with Crippen molar-refractivity contribution in [3.63, 3.8) is 0 Å². The highest BCUT2D eigenvalue weighted by Crippen LogP contribution is 2.31. The number of carbonyl (C=O) groups excluding carboxylic acids is 1. The normalized spacial score (nSPS) is 11.9. The van der Waals surface area contributed by atoms with E-state index in [0.29, 0.717) is 47.1 Å². The van der Waals surface area contributed by atoms with Crippen LogP contribution in [0.3, 0.4) is 0 Å². The molecule has 3 rings (SSSR count). The first-order valence-corrected chi connectivity index (χ1v) is 11.6. The van der Waals surface area contributed by atoms with Gasteiger partial charge in [-0.3, -0.25) is 14.2 Å². The summed E-state index contributed by atoms with van der Waals surface area (Å²) in [5.41, 5.74) is 1.31. The second-order valence-corrected chi connectivity index (χ2v) is 10.2. The number of fused-ring (bicyclic) bond motifs is 1. The van der Waals surface area contributed by atoms with Gasteiger partial charge in [0.1, 0.15) is 11.2 Å². The molecular weight excluding hydrogens is 440 g/mol. The molecule has 0 unspecified atom stereocenters. The average molecular weight is 473 g/mol. The Morgan fingerprint density at radius 3 is 2.55 bits per heavy atom. The highest BCUT2D eigenvalue weighted by Gasteiger charge is 2.28. The van der Waals surface area contributed by atoms with Gasteiger partial charge in [0.2, 0.25) is 0 Å². The van der Waals surface area contributed by atoms with Crippen molar-refractivity contribution >= 4 is 28.5 Å². The zero-order valence-electron chi connectivity index (χ0n) is 20.5. The monoisotopic (exact) mass is 472 g/mol. The maximum atomic E-state index is 13.8. The smallest absolute Gasteiger partial charge is 0.271 e. The first-order valence-electron chi connectivity index (χ1n) is 11.2. The summed E-state index contributed by atoms with van der Waals surface area (Å²) >= 11 is 6.15. The molecule has 3 aromatic rings. The Morgan fingerprint density at radius 2 is 1.97 bits per heavy atom. The van der Waals surface area contributed by atoms with E-state index in [1.807, 2.05) is 59.7 Å². The molecule has 1 aromatic carbocycles. The molecular formula is C25H33ClN4O3. The third-order valence-electron chi connectivity index (χ3n) is 5.22. The van der Waals surface area contributed by atoms with Crippen molar-refractivity contribution in [3.05, 3.63) is 56.7 Å². The standard InChI is InChI=1S/C25H33ClN4O3/c1-8-18-28-22-19(24(32)30(18)13-16-10-9-11-17(26)12-16)21(33-15(2)3)20(29(22)7)23(31)27-14-25(4,5)6/h9-12,15H,8,13-14H2,1-7H3,(H,27,31). The van der Waals surface area contributed by atoms with E-state index in [0.717, 1.165) is 5.56 Å². The van der Waals surface area contributed by atoms with Crippen LogP contribution in [0.25, 0.3) is 11.0 Å². The van der Waals surface area contributed by atoms with Crippen LogP contribution in [0.2, 0.25) is 5.02 Å². The Labute approximate surface area is 199 Å². The number of nitrogens with one attached hydrogen (secondary N) is 1.